The summed E-state index contributed by atoms with van der Waals surface area (Å²) in [4.78, 5) is 38.7. The Balaban J connectivity index is 1.78. The van der Waals surface area contributed by atoms with Crippen LogP contribution >= 0.6 is 0 Å². The third-order valence-corrected chi connectivity index (χ3v) is 5.15. The van der Waals surface area contributed by atoms with Crippen molar-refractivity contribution in [3.8, 4) is 5.75 Å². The first-order valence-corrected chi connectivity index (χ1v) is 10.8. The van der Waals surface area contributed by atoms with Crippen molar-refractivity contribution >= 4 is 39.7 Å². The van der Waals surface area contributed by atoms with Gasteiger partial charge >= 0.3 is 0 Å². The molecule has 0 unspecified atom stereocenters. The predicted molar refractivity (Wildman–Crippen MR) is 127 cm³/mol. The van der Waals surface area contributed by atoms with Gasteiger partial charge in [0.25, 0.3) is 5.91 Å². The molecule has 0 radical (unpaired) electrons. The van der Waals surface area contributed by atoms with Crippen LogP contribution in [0.25, 0.3) is 10.8 Å². The summed E-state index contributed by atoms with van der Waals surface area (Å²) < 4.78 is 5.76. The van der Waals surface area contributed by atoms with Crippen LogP contribution in [0.15, 0.2) is 60.7 Å². The molecule has 3 rings (SSSR count). The Hall–Kier alpha value is -3.67. The van der Waals surface area contributed by atoms with Gasteiger partial charge in [-0.3, -0.25) is 14.4 Å². The highest BCUT2D eigenvalue weighted by molar-refractivity contribution is 6.04. The fraction of sp³-hybridized carbons (Fsp3) is 0.269. The molecular weight excluding hydrogens is 404 g/mol. The highest BCUT2D eigenvalue weighted by Crippen LogP contribution is 2.28. The Labute approximate surface area is 188 Å². The lowest BCUT2D eigenvalue weighted by Gasteiger charge is -2.23. The van der Waals surface area contributed by atoms with Crippen molar-refractivity contribution in [3.63, 3.8) is 0 Å². The number of nitrogens with one attached hydrogen (secondary N) is 1. The smallest absolute Gasteiger partial charge is 0.264 e. The normalized spacial score (nSPS) is 10.6. The number of rotatable bonds is 9. The molecule has 1 N–H and O–H groups in total. The van der Waals surface area contributed by atoms with Crippen LogP contribution in [0, 0.1) is 0 Å². The van der Waals surface area contributed by atoms with Gasteiger partial charge in [0, 0.05) is 24.0 Å². The van der Waals surface area contributed by atoms with Crippen molar-refractivity contribution in [2.24, 2.45) is 0 Å². The van der Waals surface area contributed by atoms with Gasteiger partial charge in [0.05, 0.1) is 11.3 Å². The first-order valence-electron chi connectivity index (χ1n) is 10.8. The van der Waals surface area contributed by atoms with Crippen molar-refractivity contribution < 1.29 is 19.1 Å². The van der Waals surface area contributed by atoms with E-state index in [2.05, 4.69) is 5.32 Å². The maximum atomic E-state index is 13.0. The minimum absolute atomic E-state index is 0.112. The first-order chi connectivity index (χ1) is 15.4. The van der Waals surface area contributed by atoms with E-state index in [1.807, 2.05) is 56.3 Å². The molecule has 0 saturated heterocycles. The number of carbonyl (C=O) groups is 3. The van der Waals surface area contributed by atoms with Gasteiger partial charge in [-0.2, -0.15) is 0 Å². The number of ketones is 1. The molecule has 0 aliphatic rings. The third-order valence-electron chi connectivity index (χ3n) is 5.15. The largest absolute Gasteiger partial charge is 0.483 e. The summed E-state index contributed by atoms with van der Waals surface area (Å²) in [6.45, 7) is 5.54. The van der Waals surface area contributed by atoms with Gasteiger partial charge < -0.3 is 15.0 Å². The van der Waals surface area contributed by atoms with Crippen LogP contribution in [0.5, 0.6) is 5.75 Å². The lowest BCUT2D eigenvalue weighted by Crippen LogP contribution is -2.35. The fourth-order valence-corrected chi connectivity index (χ4v) is 3.60. The SMILES string of the molecule is CCCC(=O)Nc1ccc(OCC(=O)N(CC)c2cccc3ccccc23)c(C(C)=O)c1. The fourth-order valence-electron chi connectivity index (χ4n) is 3.60. The van der Waals surface area contributed by atoms with Crippen LogP contribution < -0.4 is 15.0 Å². The van der Waals surface area contributed by atoms with E-state index in [4.69, 9.17) is 4.74 Å². The second kappa shape index (κ2) is 10.6. The molecule has 6 nitrogen and oxygen atoms in total. The van der Waals surface area contributed by atoms with E-state index in [1.165, 1.54) is 6.92 Å². The molecule has 3 aromatic carbocycles. The molecule has 0 heterocycles. The number of anilines is 2. The van der Waals surface area contributed by atoms with E-state index in [0.29, 0.717) is 30.0 Å². The molecule has 2 amide bonds. The van der Waals surface area contributed by atoms with E-state index in [9.17, 15) is 14.4 Å². The number of fused-ring (bicyclic) bond motifs is 1. The maximum Gasteiger partial charge on any atom is 0.264 e. The van der Waals surface area contributed by atoms with Crippen molar-refractivity contribution in [1.82, 2.24) is 0 Å². The number of amides is 2. The van der Waals surface area contributed by atoms with Gasteiger partial charge in [-0.1, -0.05) is 43.3 Å². The van der Waals surface area contributed by atoms with Crippen LogP contribution in [0.1, 0.15) is 44.0 Å². The number of carbonyl (C=O) groups excluding carboxylic acids is 3. The van der Waals surface area contributed by atoms with E-state index in [0.717, 1.165) is 22.9 Å². The number of Topliss-reactive ketones (excluding diaryl/α,β-unsaturated/α-hetero) is 1. The molecule has 0 aromatic heterocycles. The summed E-state index contributed by atoms with van der Waals surface area (Å²) >= 11 is 0. The van der Waals surface area contributed by atoms with E-state index in [-0.39, 0.29) is 24.2 Å². The van der Waals surface area contributed by atoms with Crippen molar-refractivity contribution in [3.05, 3.63) is 66.2 Å². The Kier molecular flexibility index (Phi) is 7.60. The Morgan fingerprint density at radius 1 is 0.969 bits per heavy atom. The quantitative estimate of drug-likeness (QED) is 0.471. The zero-order valence-electron chi connectivity index (χ0n) is 18.7. The molecule has 166 valence electrons. The molecule has 0 spiro atoms. The summed E-state index contributed by atoms with van der Waals surface area (Å²) in [5, 5.41) is 4.81. The average molecular weight is 433 g/mol. The maximum absolute atomic E-state index is 13.0. The number of ether oxygens (including phenoxy) is 1. The Bertz CT molecular complexity index is 1130. The van der Waals surface area contributed by atoms with E-state index >= 15 is 0 Å². The highest BCUT2D eigenvalue weighted by Gasteiger charge is 2.18. The number of hydrogen-bond acceptors (Lipinski definition) is 4. The second-order valence-corrected chi connectivity index (χ2v) is 7.49. The minimum atomic E-state index is -0.210. The summed E-state index contributed by atoms with van der Waals surface area (Å²) in [7, 11) is 0. The van der Waals surface area contributed by atoms with Gasteiger partial charge in [-0.05, 0) is 49.9 Å². The Morgan fingerprint density at radius 3 is 2.44 bits per heavy atom. The van der Waals surface area contributed by atoms with Crippen LogP contribution in [0.2, 0.25) is 0 Å². The topological polar surface area (TPSA) is 75.7 Å². The third kappa shape index (κ3) is 5.32. The van der Waals surface area contributed by atoms with Crippen molar-refractivity contribution in [2.75, 3.05) is 23.4 Å². The lowest BCUT2D eigenvalue weighted by molar-refractivity contribution is -0.120. The van der Waals surface area contributed by atoms with Crippen LogP contribution in [-0.4, -0.2) is 30.7 Å². The number of likely N-dealkylation sites (N-methyl/N-ethyl adjacent to an activating group) is 1. The zero-order valence-corrected chi connectivity index (χ0v) is 18.7. The first kappa shape index (κ1) is 23.0. The van der Waals surface area contributed by atoms with Gasteiger partial charge in [0.15, 0.2) is 12.4 Å². The summed E-state index contributed by atoms with van der Waals surface area (Å²) in [6.07, 6.45) is 1.14. The molecule has 0 atom stereocenters. The van der Waals surface area contributed by atoms with Crippen LogP contribution in [-0.2, 0) is 9.59 Å². The van der Waals surface area contributed by atoms with Gasteiger partial charge in [-0.15, -0.1) is 0 Å². The predicted octanol–water partition coefficient (Wildman–Crippen LogP) is 5.21. The van der Waals surface area contributed by atoms with Crippen LogP contribution in [0.4, 0.5) is 11.4 Å². The monoisotopic (exact) mass is 432 g/mol. The van der Waals surface area contributed by atoms with Gasteiger partial charge in [0.1, 0.15) is 5.75 Å². The average Bonchev–Trinajstić information content (AvgIpc) is 2.79. The van der Waals surface area contributed by atoms with Crippen LogP contribution in [0.3, 0.4) is 0 Å². The van der Waals surface area contributed by atoms with Crippen molar-refractivity contribution in [2.45, 2.75) is 33.6 Å². The molecular formula is C26H28N2O4. The highest BCUT2D eigenvalue weighted by atomic mass is 16.5. The number of benzene rings is 3. The van der Waals surface area contributed by atoms with Gasteiger partial charge in [0.2, 0.25) is 5.91 Å². The van der Waals surface area contributed by atoms with E-state index in [1.54, 1.807) is 23.1 Å². The second-order valence-electron chi connectivity index (χ2n) is 7.49. The zero-order chi connectivity index (χ0) is 23.1. The molecule has 32 heavy (non-hydrogen) atoms. The van der Waals surface area contributed by atoms with Gasteiger partial charge in [-0.25, -0.2) is 0 Å². The molecule has 0 fully saturated rings. The number of nitrogens with zero attached hydrogens (tertiary/aromatic N) is 1. The molecule has 6 heteroatoms. The standard InChI is InChI=1S/C26H28N2O4/c1-4-9-25(30)27-20-14-15-24(22(16-20)18(3)29)32-17-26(31)28(5-2)23-13-8-11-19-10-6-7-12-21(19)23/h6-8,10-16H,4-5,9,17H2,1-3H3,(H,27,30). The van der Waals surface area contributed by atoms with Crippen molar-refractivity contribution in [1.29, 1.82) is 0 Å². The lowest BCUT2D eigenvalue weighted by atomic mass is 10.1. The molecule has 0 aliphatic carbocycles. The summed E-state index contributed by atoms with van der Waals surface area (Å²) in [6, 6.07) is 18.6. The minimum Gasteiger partial charge on any atom is -0.483 e. The Morgan fingerprint density at radius 2 is 1.72 bits per heavy atom. The summed E-state index contributed by atoms with van der Waals surface area (Å²) in [5.41, 5.74) is 1.67. The molecule has 0 aliphatic heterocycles. The number of hydrogen-bond donors (Lipinski definition) is 1. The molecule has 0 saturated carbocycles. The summed E-state index contributed by atoms with van der Waals surface area (Å²) in [5.74, 6) is -0.216. The van der Waals surface area contributed by atoms with E-state index < -0.39 is 0 Å². The molecule has 3 aromatic rings. The molecule has 0 bridgehead atoms.